The largest absolute Gasteiger partial charge is 0.381 e. The van der Waals surface area contributed by atoms with Crippen molar-refractivity contribution in [1.82, 2.24) is 0 Å². The molecule has 0 unspecified atom stereocenters. The Labute approximate surface area is 165 Å². The molecule has 0 aliphatic carbocycles. The van der Waals surface area contributed by atoms with Crippen LogP contribution in [0.5, 0.6) is 0 Å². The average molecular weight is 393 g/mol. The number of hydrogen-bond acceptors (Lipinski definition) is 7. The van der Waals surface area contributed by atoms with Gasteiger partial charge < -0.3 is 23.9 Å². The molecular weight excluding hydrogens is 352 g/mol. The Bertz CT molecular complexity index is 347. The van der Waals surface area contributed by atoms with E-state index < -0.39 is 0 Å². The predicted molar refractivity (Wildman–Crippen MR) is 108 cm³/mol. The van der Waals surface area contributed by atoms with Crippen molar-refractivity contribution in [1.29, 1.82) is 0 Å². The molecule has 7 nitrogen and oxygen atoms in total. The molecule has 0 saturated carbocycles. The quantitative estimate of drug-likeness (QED) is 0.612. The van der Waals surface area contributed by atoms with Crippen molar-refractivity contribution in [3.05, 3.63) is 0 Å². The molecule has 0 aromatic heterocycles. The third-order valence-corrected chi connectivity index (χ3v) is 1.31. The monoisotopic (exact) mass is 392 g/mol. The van der Waals surface area contributed by atoms with Crippen LogP contribution in [-0.2, 0) is 33.4 Å². The predicted octanol–water partition coefficient (Wildman–Crippen LogP) is 3.40. The van der Waals surface area contributed by atoms with Gasteiger partial charge in [0.1, 0.15) is 29.7 Å². The summed E-state index contributed by atoms with van der Waals surface area (Å²) in [5, 5.41) is 0. The standard InChI is InChI=1S/C6H12O2.C5H10O2.3C3H6O/c1-3-8-5-4-6(2)7;1-3-7-4-5(2)6;3*1-3(2)4/h3-5H2,1-2H3;3-4H2,1-2H3;3*1-2H3. The first-order valence-electron chi connectivity index (χ1n) is 8.80. The zero-order chi connectivity index (χ0) is 22.8. The molecule has 0 saturated heterocycles. The molecule has 162 valence electrons. The zero-order valence-electron chi connectivity index (χ0n) is 18.9. The highest BCUT2D eigenvalue weighted by atomic mass is 16.5. The molecule has 0 spiro atoms. The van der Waals surface area contributed by atoms with E-state index in [1.54, 1.807) is 6.92 Å². The maximum Gasteiger partial charge on any atom is 0.155 e. The number of ketones is 5. The summed E-state index contributed by atoms with van der Waals surface area (Å²) in [5.74, 6) is 0.778. The van der Waals surface area contributed by atoms with E-state index in [2.05, 4.69) is 0 Å². The van der Waals surface area contributed by atoms with Crippen molar-refractivity contribution in [2.24, 2.45) is 0 Å². The van der Waals surface area contributed by atoms with Gasteiger partial charge in [-0.15, -0.1) is 0 Å². The van der Waals surface area contributed by atoms with E-state index in [0.717, 1.165) is 0 Å². The molecule has 0 radical (unpaired) electrons. The van der Waals surface area contributed by atoms with Gasteiger partial charge in [0.05, 0.1) is 6.61 Å². The number of ether oxygens (including phenoxy) is 2. The highest BCUT2D eigenvalue weighted by molar-refractivity contribution is 5.76. The fourth-order valence-corrected chi connectivity index (χ4v) is 0.606. The molecule has 0 heterocycles. The lowest BCUT2D eigenvalue weighted by Gasteiger charge is -1.94. The summed E-state index contributed by atoms with van der Waals surface area (Å²) in [5.41, 5.74) is 0. The van der Waals surface area contributed by atoms with Crippen LogP contribution in [0.25, 0.3) is 0 Å². The van der Waals surface area contributed by atoms with Crippen LogP contribution in [0.1, 0.15) is 75.7 Å². The molecule has 27 heavy (non-hydrogen) atoms. The Morgan fingerprint density at radius 1 is 0.556 bits per heavy atom. The van der Waals surface area contributed by atoms with E-state index in [4.69, 9.17) is 9.47 Å². The molecule has 0 fully saturated rings. The van der Waals surface area contributed by atoms with E-state index in [0.29, 0.717) is 26.2 Å². The molecule has 7 heteroatoms. The van der Waals surface area contributed by atoms with Gasteiger partial charge in [-0.05, 0) is 69.2 Å². The first-order valence-corrected chi connectivity index (χ1v) is 8.80. The highest BCUT2D eigenvalue weighted by Crippen LogP contribution is 1.82. The van der Waals surface area contributed by atoms with Gasteiger partial charge in [0, 0.05) is 19.6 Å². The average Bonchev–Trinajstić information content (AvgIpc) is 2.44. The second kappa shape index (κ2) is 32.0. The Morgan fingerprint density at radius 2 is 0.852 bits per heavy atom. The number of hydrogen-bond donors (Lipinski definition) is 0. The van der Waals surface area contributed by atoms with Crippen molar-refractivity contribution in [3.8, 4) is 0 Å². The molecule has 0 aromatic rings. The second-order valence-electron chi connectivity index (χ2n) is 5.71. The van der Waals surface area contributed by atoms with Crippen LogP contribution < -0.4 is 0 Å². The molecule has 0 bridgehead atoms. The molecule has 0 aromatic carbocycles. The lowest BCUT2D eigenvalue weighted by atomic mass is 10.3. The maximum atomic E-state index is 10.2. The van der Waals surface area contributed by atoms with Gasteiger partial charge in [-0.3, -0.25) is 9.59 Å². The maximum absolute atomic E-state index is 10.2. The summed E-state index contributed by atoms with van der Waals surface area (Å²) in [6.07, 6.45) is 0.549. The molecular formula is C20H40O7. The number of carbonyl (C=O) groups excluding carboxylic acids is 5. The summed E-state index contributed by atoms with van der Waals surface area (Å²) in [6.45, 7) is 18.2. The van der Waals surface area contributed by atoms with Crippen LogP contribution in [0, 0.1) is 0 Å². The molecule has 0 aliphatic rings. The second-order valence-corrected chi connectivity index (χ2v) is 5.71. The van der Waals surface area contributed by atoms with Crippen LogP contribution in [0.2, 0.25) is 0 Å². The molecule has 0 atom stereocenters. The SMILES string of the molecule is CC(C)=O.CC(C)=O.CC(C)=O.CCOCC(C)=O.CCOCCC(C)=O. The van der Waals surface area contributed by atoms with E-state index in [1.807, 2.05) is 13.8 Å². The normalized spacial score (nSPS) is 7.93. The van der Waals surface area contributed by atoms with E-state index in [1.165, 1.54) is 48.5 Å². The van der Waals surface area contributed by atoms with Crippen molar-refractivity contribution >= 4 is 28.9 Å². The van der Waals surface area contributed by atoms with Crippen LogP contribution in [0.15, 0.2) is 0 Å². The van der Waals surface area contributed by atoms with Gasteiger partial charge in [-0.25, -0.2) is 0 Å². The Kier molecular flexibility index (Phi) is 42.9. The number of Topliss-reactive ketones (excluding diaryl/α,β-unsaturated/α-hetero) is 5. The van der Waals surface area contributed by atoms with Crippen LogP contribution in [-0.4, -0.2) is 55.3 Å². The van der Waals surface area contributed by atoms with Gasteiger partial charge in [0.25, 0.3) is 0 Å². The summed E-state index contributed by atoms with van der Waals surface area (Å²) >= 11 is 0. The lowest BCUT2D eigenvalue weighted by Crippen LogP contribution is -2.02. The fourth-order valence-electron chi connectivity index (χ4n) is 0.606. The van der Waals surface area contributed by atoms with Gasteiger partial charge in [0.2, 0.25) is 0 Å². The number of rotatable bonds is 7. The third-order valence-electron chi connectivity index (χ3n) is 1.31. The Hall–Kier alpha value is -1.73. The summed E-state index contributed by atoms with van der Waals surface area (Å²) in [7, 11) is 0. The van der Waals surface area contributed by atoms with Gasteiger partial charge in [-0.2, -0.15) is 0 Å². The summed E-state index contributed by atoms with van der Waals surface area (Å²) < 4.78 is 9.67. The number of carbonyl (C=O) groups is 5. The third kappa shape index (κ3) is 228. The van der Waals surface area contributed by atoms with Crippen LogP contribution >= 0.6 is 0 Å². The summed E-state index contributed by atoms with van der Waals surface area (Å²) in [4.78, 5) is 48.6. The van der Waals surface area contributed by atoms with Gasteiger partial charge >= 0.3 is 0 Å². The minimum absolute atomic E-state index is 0.0850. The molecule has 0 N–H and O–H groups in total. The molecule has 0 aliphatic heterocycles. The van der Waals surface area contributed by atoms with E-state index >= 15 is 0 Å². The smallest absolute Gasteiger partial charge is 0.155 e. The molecule has 0 rings (SSSR count). The minimum atomic E-state index is 0.0850. The molecule has 0 amide bonds. The van der Waals surface area contributed by atoms with E-state index in [-0.39, 0.29) is 35.5 Å². The topological polar surface area (TPSA) is 104 Å². The van der Waals surface area contributed by atoms with Crippen LogP contribution in [0.4, 0.5) is 0 Å². The van der Waals surface area contributed by atoms with Crippen molar-refractivity contribution in [3.63, 3.8) is 0 Å². The van der Waals surface area contributed by atoms with Gasteiger partial charge in [0.15, 0.2) is 5.78 Å². The zero-order valence-corrected chi connectivity index (χ0v) is 18.9. The lowest BCUT2D eigenvalue weighted by molar-refractivity contribution is -0.121. The summed E-state index contributed by atoms with van der Waals surface area (Å²) in [6, 6.07) is 0. The van der Waals surface area contributed by atoms with Crippen molar-refractivity contribution in [2.75, 3.05) is 26.4 Å². The Balaban J connectivity index is -0.0000000777. The Morgan fingerprint density at radius 3 is 1.00 bits per heavy atom. The minimum Gasteiger partial charge on any atom is -0.381 e. The van der Waals surface area contributed by atoms with Crippen molar-refractivity contribution in [2.45, 2.75) is 75.7 Å². The fraction of sp³-hybridized carbons (Fsp3) is 0.750. The first-order chi connectivity index (χ1) is 12.2. The van der Waals surface area contributed by atoms with Gasteiger partial charge in [-0.1, -0.05) is 0 Å². The van der Waals surface area contributed by atoms with E-state index in [9.17, 15) is 24.0 Å². The van der Waals surface area contributed by atoms with Crippen LogP contribution in [0.3, 0.4) is 0 Å². The van der Waals surface area contributed by atoms with Crippen molar-refractivity contribution < 1.29 is 33.4 Å². The first kappa shape index (κ1) is 36.2. The highest BCUT2D eigenvalue weighted by Gasteiger charge is 1.89.